The topological polar surface area (TPSA) is 15.3 Å². The lowest BCUT2D eigenvalue weighted by molar-refractivity contribution is 0.133. The van der Waals surface area contributed by atoms with Gasteiger partial charge >= 0.3 is 0 Å². The van der Waals surface area contributed by atoms with Crippen LogP contribution in [0.4, 0.5) is 0 Å². The van der Waals surface area contributed by atoms with Crippen molar-refractivity contribution in [2.45, 2.75) is 52.4 Å². The summed E-state index contributed by atoms with van der Waals surface area (Å²) in [6, 6.07) is 0. The molecule has 18 heavy (non-hydrogen) atoms. The van der Waals surface area contributed by atoms with E-state index in [9.17, 15) is 0 Å². The fraction of sp³-hybridized carbons (Fsp3) is 1.00. The van der Waals surface area contributed by atoms with E-state index in [4.69, 9.17) is 0 Å². The standard InChI is InChI=1S/C16H32N2/c1-14-5-4-6-15(11-14)12-17-13-16(2)7-9-18(3)10-8-16/h14-15,17H,4-13H2,1-3H3. The van der Waals surface area contributed by atoms with E-state index in [1.165, 1.54) is 64.7 Å². The van der Waals surface area contributed by atoms with Crippen molar-refractivity contribution in [1.29, 1.82) is 0 Å². The van der Waals surface area contributed by atoms with Gasteiger partial charge in [-0.15, -0.1) is 0 Å². The van der Waals surface area contributed by atoms with Gasteiger partial charge in [-0.2, -0.15) is 0 Å². The summed E-state index contributed by atoms with van der Waals surface area (Å²) in [6.07, 6.45) is 8.54. The number of nitrogens with one attached hydrogen (secondary N) is 1. The van der Waals surface area contributed by atoms with Crippen molar-refractivity contribution in [3.05, 3.63) is 0 Å². The Bertz CT molecular complexity index is 243. The lowest BCUT2D eigenvalue weighted by Gasteiger charge is -2.38. The highest BCUT2D eigenvalue weighted by molar-refractivity contribution is 4.84. The molecule has 1 N–H and O–H groups in total. The molecule has 1 saturated heterocycles. The van der Waals surface area contributed by atoms with Crippen LogP contribution in [-0.2, 0) is 0 Å². The van der Waals surface area contributed by atoms with E-state index in [0.717, 1.165) is 11.8 Å². The van der Waals surface area contributed by atoms with Crippen LogP contribution in [0.25, 0.3) is 0 Å². The first-order chi connectivity index (χ1) is 8.57. The Morgan fingerprint density at radius 1 is 1.22 bits per heavy atom. The average molecular weight is 252 g/mol. The summed E-state index contributed by atoms with van der Waals surface area (Å²) in [7, 11) is 2.25. The monoisotopic (exact) mass is 252 g/mol. The van der Waals surface area contributed by atoms with Crippen molar-refractivity contribution in [2.75, 3.05) is 33.2 Å². The molecule has 2 heteroatoms. The van der Waals surface area contributed by atoms with Crippen LogP contribution < -0.4 is 5.32 Å². The first-order valence-corrected chi connectivity index (χ1v) is 7.97. The Kier molecular flexibility index (Phi) is 5.08. The van der Waals surface area contributed by atoms with Crippen molar-refractivity contribution in [3.8, 4) is 0 Å². The number of hydrogen-bond donors (Lipinski definition) is 1. The van der Waals surface area contributed by atoms with Gasteiger partial charge in [0.15, 0.2) is 0 Å². The molecule has 0 aromatic rings. The maximum Gasteiger partial charge on any atom is 0.000623 e. The molecule has 1 saturated carbocycles. The first kappa shape index (κ1) is 14.3. The van der Waals surface area contributed by atoms with Gasteiger partial charge in [-0.3, -0.25) is 0 Å². The molecule has 0 amide bonds. The van der Waals surface area contributed by atoms with Crippen LogP contribution in [0.1, 0.15) is 52.4 Å². The number of hydrogen-bond acceptors (Lipinski definition) is 2. The van der Waals surface area contributed by atoms with E-state index in [2.05, 4.69) is 31.1 Å². The van der Waals surface area contributed by atoms with Crippen LogP contribution in [0.2, 0.25) is 0 Å². The second kappa shape index (κ2) is 6.38. The summed E-state index contributed by atoms with van der Waals surface area (Å²) >= 11 is 0. The zero-order valence-electron chi connectivity index (χ0n) is 12.7. The molecule has 0 aromatic carbocycles. The van der Waals surface area contributed by atoms with Crippen LogP contribution in [0, 0.1) is 17.3 Å². The molecular weight excluding hydrogens is 220 g/mol. The summed E-state index contributed by atoms with van der Waals surface area (Å²) < 4.78 is 0. The maximum absolute atomic E-state index is 3.78. The smallest absolute Gasteiger partial charge is 0.000623 e. The van der Waals surface area contributed by atoms with Crippen molar-refractivity contribution in [2.24, 2.45) is 17.3 Å². The Morgan fingerprint density at radius 2 is 1.94 bits per heavy atom. The fourth-order valence-corrected chi connectivity index (χ4v) is 3.66. The summed E-state index contributed by atoms with van der Waals surface area (Å²) in [6.45, 7) is 9.93. The molecule has 106 valence electrons. The molecule has 2 rings (SSSR count). The second-order valence-corrected chi connectivity index (χ2v) is 7.38. The largest absolute Gasteiger partial charge is 0.316 e. The SMILES string of the molecule is CC1CCCC(CNCC2(C)CCN(C)CC2)C1. The number of likely N-dealkylation sites (tertiary alicyclic amines) is 1. The highest BCUT2D eigenvalue weighted by Gasteiger charge is 2.28. The third-order valence-corrected chi connectivity index (χ3v) is 5.22. The Balaban J connectivity index is 1.65. The normalized spacial score (nSPS) is 33.5. The van der Waals surface area contributed by atoms with Crippen molar-refractivity contribution < 1.29 is 0 Å². The van der Waals surface area contributed by atoms with Gasteiger partial charge in [0.1, 0.15) is 0 Å². The maximum atomic E-state index is 3.78. The summed E-state index contributed by atoms with van der Waals surface area (Å²) in [4.78, 5) is 2.46. The highest BCUT2D eigenvalue weighted by Crippen LogP contribution is 2.31. The minimum atomic E-state index is 0.548. The van der Waals surface area contributed by atoms with Crippen molar-refractivity contribution in [3.63, 3.8) is 0 Å². The molecule has 1 aliphatic carbocycles. The number of rotatable bonds is 4. The van der Waals surface area contributed by atoms with E-state index in [0.29, 0.717) is 5.41 Å². The van der Waals surface area contributed by atoms with Gasteiger partial charge in [-0.1, -0.05) is 26.7 Å². The number of nitrogens with zero attached hydrogens (tertiary/aromatic N) is 1. The zero-order valence-corrected chi connectivity index (χ0v) is 12.7. The van der Waals surface area contributed by atoms with Gasteiger partial charge in [-0.05, 0) is 69.6 Å². The molecule has 0 spiro atoms. The van der Waals surface area contributed by atoms with Gasteiger partial charge in [0.05, 0.1) is 0 Å². The van der Waals surface area contributed by atoms with E-state index >= 15 is 0 Å². The average Bonchev–Trinajstić information content (AvgIpc) is 2.34. The molecule has 2 nitrogen and oxygen atoms in total. The third kappa shape index (κ3) is 4.24. The minimum absolute atomic E-state index is 0.548. The number of piperidine rings is 1. The second-order valence-electron chi connectivity index (χ2n) is 7.38. The van der Waals surface area contributed by atoms with Crippen LogP contribution >= 0.6 is 0 Å². The summed E-state index contributed by atoms with van der Waals surface area (Å²) in [5, 5.41) is 3.78. The molecule has 2 atom stereocenters. The lowest BCUT2D eigenvalue weighted by Crippen LogP contribution is -2.43. The first-order valence-electron chi connectivity index (χ1n) is 7.97. The fourth-order valence-electron chi connectivity index (χ4n) is 3.66. The van der Waals surface area contributed by atoms with Crippen molar-refractivity contribution >= 4 is 0 Å². The summed E-state index contributed by atoms with van der Waals surface area (Å²) in [5.74, 6) is 1.91. The van der Waals surface area contributed by atoms with Gasteiger partial charge in [0, 0.05) is 6.54 Å². The Labute approximate surface area is 114 Å². The van der Waals surface area contributed by atoms with Crippen LogP contribution in [0.3, 0.4) is 0 Å². The van der Waals surface area contributed by atoms with E-state index < -0.39 is 0 Å². The predicted molar refractivity (Wildman–Crippen MR) is 78.8 cm³/mol. The van der Waals surface area contributed by atoms with Gasteiger partial charge in [0.2, 0.25) is 0 Å². The molecule has 2 aliphatic rings. The van der Waals surface area contributed by atoms with Gasteiger partial charge < -0.3 is 10.2 Å². The zero-order chi connectivity index (χ0) is 13.0. The Morgan fingerprint density at radius 3 is 2.61 bits per heavy atom. The molecule has 2 fully saturated rings. The van der Waals surface area contributed by atoms with E-state index in [1.54, 1.807) is 0 Å². The lowest BCUT2D eigenvalue weighted by atomic mass is 9.79. The highest BCUT2D eigenvalue weighted by atomic mass is 15.1. The molecule has 2 unspecified atom stereocenters. The molecule has 1 heterocycles. The summed E-state index contributed by atoms with van der Waals surface area (Å²) in [5.41, 5.74) is 0.548. The molecule has 0 aromatic heterocycles. The van der Waals surface area contributed by atoms with Crippen LogP contribution in [0.5, 0.6) is 0 Å². The molecule has 1 aliphatic heterocycles. The third-order valence-electron chi connectivity index (χ3n) is 5.22. The van der Waals surface area contributed by atoms with Crippen molar-refractivity contribution in [1.82, 2.24) is 10.2 Å². The van der Waals surface area contributed by atoms with E-state index in [-0.39, 0.29) is 0 Å². The van der Waals surface area contributed by atoms with Crippen LogP contribution in [-0.4, -0.2) is 38.1 Å². The molecule has 0 bridgehead atoms. The van der Waals surface area contributed by atoms with Gasteiger partial charge in [-0.25, -0.2) is 0 Å². The predicted octanol–water partition coefficient (Wildman–Crippen LogP) is 3.13. The van der Waals surface area contributed by atoms with Gasteiger partial charge in [0.25, 0.3) is 0 Å². The van der Waals surface area contributed by atoms with Crippen LogP contribution in [0.15, 0.2) is 0 Å². The quantitative estimate of drug-likeness (QED) is 0.827. The molecule has 0 radical (unpaired) electrons. The minimum Gasteiger partial charge on any atom is -0.316 e. The van der Waals surface area contributed by atoms with E-state index in [1.807, 2.05) is 0 Å². The Hall–Kier alpha value is -0.0800. The molecular formula is C16H32N2.